The molecule has 1 aliphatic heterocycles. The smallest absolute Gasteiger partial charge is 0.123 e. The largest absolute Gasteiger partial charge is 0.497 e. The van der Waals surface area contributed by atoms with Crippen LogP contribution in [0, 0.1) is 6.92 Å². The Morgan fingerprint density at radius 3 is 2.77 bits per heavy atom. The molecule has 1 saturated heterocycles. The molecule has 2 heterocycles. The molecule has 1 fully saturated rings. The van der Waals surface area contributed by atoms with Crippen molar-refractivity contribution in [3.63, 3.8) is 0 Å². The lowest BCUT2D eigenvalue weighted by atomic mass is 10.1. The van der Waals surface area contributed by atoms with Crippen LogP contribution in [0.2, 0.25) is 0 Å². The molecule has 31 heavy (non-hydrogen) atoms. The molecular formula is C25H31N3O3. The predicted octanol–water partition coefficient (Wildman–Crippen LogP) is 3.93. The summed E-state index contributed by atoms with van der Waals surface area (Å²) in [6, 6.07) is 18.5. The monoisotopic (exact) mass is 421 g/mol. The van der Waals surface area contributed by atoms with Crippen molar-refractivity contribution >= 4 is 0 Å². The van der Waals surface area contributed by atoms with Gasteiger partial charge in [-0.3, -0.25) is 9.58 Å². The van der Waals surface area contributed by atoms with Crippen molar-refractivity contribution in [1.29, 1.82) is 0 Å². The summed E-state index contributed by atoms with van der Waals surface area (Å²) in [5.74, 6) is 1.61. The average Bonchev–Trinajstić information content (AvgIpc) is 3.15. The van der Waals surface area contributed by atoms with Crippen LogP contribution in [0.5, 0.6) is 11.5 Å². The van der Waals surface area contributed by atoms with Crippen LogP contribution in [0.4, 0.5) is 0 Å². The maximum absolute atomic E-state index is 6.06. The first-order chi connectivity index (χ1) is 15.1. The lowest BCUT2D eigenvalue weighted by Gasteiger charge is -2.32. The Labute approximate surface area is 184 Å². The van der Waals surface area contributed by atoms with Gasteiger partial charge in [0.1, 0.15) is 17.6 Å². The minimum atomic E-state index is -0.00203. The molecule has 1 aromatic heterocycles. The molecule has 1 atom stereocenters. The van der Waals surface area contributed by atoms with Gasteiger partial charge in [-0.2, -0.15) is 5.10 Å². The molecule has 0 bridgehead atoms. The molecule has 2 aromatic carbocycles. The van der Waals surface area contributed by atoms with Crippen LogP contribution in [0.1, 0.15) is 28.6 Å². The highest BCUT2D eigenvalue weighted by atomic mass is 16.5. The number of hydrogen-bond donors (Lipinski definition) is 0. The summed E-state index contributed by atoms with van der Waals surface area (Å²) < 4.78 is 19.1. The van der Waals surface area contributed by atoms with E-state index in [0.29, 0.717) is 6.61 Å². The van der Waals surface area contributed by atoms with E-state index in [1.165, 1.54) is 11.1 Å². The summed E-state index contributed by atoms with van der Waals surface area (Å²) in [7, 11) is 3.64. The van der Waals surface area contributed by atoms with Gasteiger partial charge in [-0.05, 0) is 30.7 Å². The molecule has 0 unspecified atom stereocenters. The Balaban J connectivity index is 1.34. The van der Waals surface area contributed by atoms with Gasteiger partial charge in [0.2, 0.25) is 0 Å². The van der Waals surface area contributed by atoms with Gasteiger partial charge in [0.05, 0.1) is 26.0 Å². The zero-order valence-electron chi connectivity index (χ0n) is 18.6. The number of ether oxygens (including phenoxy) is 3. The summed E-state index contributed by atoms with van der Waals surface area (Å²) in [6.45, 7) is 6.18. The predicted molar refractivity (Wildman–Crippen MR) is 121 cm³/mol. The van der Waals surface area contributed by atoms with Crippen LogP contribution in [-0.4, -0.2) is 48.1 Å². The maximum Gasteiger partial charge on any atom is 0.123 e. The average molecular weight is 422 g/mol. The Morgan fingerprint density at radius 2 is 1.94 bits per heavy atom. The molecule has 0 aliphatic carbocycles. The van der Waals surface area contributed by atoms with Crippen LogP contribution >= 0.6 is 0 Å². The summed E-state index contributed by atoms with van der Waals surface area (Å²) in [5.41, 5.74) is 4.77. The van der Waals surface area contributed by atoms with E-state index >= 15 is 0 Å². The minimum Gasteiger partial charge on any atom is -0.497 e. The lowest BCUT2D eigenvalue weighted by molar-refractivity contribution is -0.0352. The van der Waals surface area contributed by atoms with Crippen LogP contribution in [0.25, 0.3) is 0 Å². The van der Waals surface area contributed by atoms with Crippen molar-refractivity contribution in [3.05, 3.63) is 77.1 Å². The van der Waals surface area contributed by atoms with Crippen LogP contribution < -0.4 is 9.47 Å². The molecular weight excluding hydrogens is 390 g/mol. The molecule has 3 aromatic rings. The number of methoxy groups -OCH3 is 1. The fraction of sp³-hybridized carbons (Fsp3) is 0.400. The van der Waals surface area contributed by atoms with E-state index in [4.69, 9.17) is 19.3 Å². The molecule has 0 amide bonds. The Morgan fingerprint density at radius 1 is 1.10 bits per heavy atom. The standard InChI is InChI=1S/C25H31N3O3/c1-19-6-4-7-20(14-19)17-28-11-13-31-25(18-28)24-15-21(27(2)26-24)10-12-30-23-9-5-8-22(16-23)29-3/h4-9,14-16,25H,10-13,17-18H2,1-3H3/t25-/m0/s1. The number of morpholine rings is 1. The fourth-order valence-electron chi connectivity index (χ4n) is 3.98. The SMILES string of the molecule is COc1cccc(OCCc2cc([C@@H]3CN(Cc4cccc(C)c4)CCO3)nn2C)c1. The van der Waals surface area contributed by atoms with Crippen molar-refractivity contribution in [2.24, 2.45) is 7.05 Å². The Kier molecular flexibility index (Phi) is 6.89. The zero-order valence-corrected chi connectivity index (χ0v) is 18.6. The second-order valence-electron chi connectivity index (χ2n) is 8.05. The van der Waals surface area contributed by atoms with Gasteiger partial charge in [0.25, 0.3) is 0 Å². The Hall–Kier alpha value is -2.83. The molecule has 4 rings (SSSR count). The van der Waals surface area contributed by atoms with Gasteiger partial charge in [0, 0.05) is 44.9 Å². The molecule has 0 radical (unpaired) electrons. The van der Waals surface area contributed by atoms with Crippen LogP contribution in [0.15, 0.2) is 54.6 Å². The number of nitrogens with zero attached hydrogens (tertiary/aromatic N) is 3. The fourth-order valence-corrected chi connectivity index (χ4v) is 3.98. The van der Waals surface area contributed by atoms with Crippen molar-refractivity contribution in [2.45, 2.75) is 26.0 Å². The lowest BCUT2D eigenvalue weighted by Crippen LogP contribution is -2.38. The first-order valence-electron chi connectivity index (χ1n) is 10.8. The second kappa shape index (κ2) is 9.98. The van der Waals surface area contributed by atoms with E-state index in [0.717, 1.165) is 55.5 Å². The number of aryl methyl sites for hydroxylation is 2. The maximum atomic E-state index is 6.06. The first kappa shape index (κ1) is 21.4. The Bertz CT molecular complexity index is 1000. The van der Waals surface area contributed by atoms with E-state index in [1.807, 2.05) is 36.0 Å². The number of benzene rings is 2. The topological polar surface area (TPSA) is 48.8 Å². The molecule has 6 nitrogen and oxygen atoms in total. The van der Waals surface area contributed by atoms with E-state index < -0.39 is 0 Å². The molecule has 1 aliphatic rings. The highest BCUT2D eigenvalue weighted by Gasteiger charge is 2.25. The minimum absolute atomic E-state index is 0.00203. The van der Waals surface area contributed by atoms with Gasteiger partial charge >= 0.3 is 0 Å². The van der Waals surface area contributed by atoms with E-state index in [9.17, 15) is 0 Å². The van der Waals surface area contributed by atoms with Crippen LogP contribution in [-0.2, 0) is 24.8 Å². The van der Waals surface area contributed by atoms with Gasteiger partial charge in [-0.15, -0.1) is 0 Å². The summed E-state index contributed by atoms with van der Waals surface area (Å²) in [4.78, 5) is 2.45. The molecule has 164 valence electrons. The van der Waals surface area contributed by atoms with Crippen molar-refractivity contribution in [3.8, 4) is 11.5 Å². The zero-order chi connectivity index (χ0) is 21.6. The van der Waals surface area contributed by atoms with Gasteiger partial charge in [0.15, 0.2) is 0 Å². The number of rotatable bonds is 8. The molecule has 6 heteroatoms. The van der Waals surface area contributed by atoms with Gasteiger partial charge in [-0.25, -0.2) is 0 Å². The second-order valence-corrected chi connectivity index (χ2v) is 8.05. The first-order valence-corrected chi connectivity index (χ1v) is 10.8. The number of aromatic nitrogens is 2. The third-order valence-corrected chi connectivity index (χ3v) is 5.63. The molecule has 0 spiro atoms. The molecule has 0 saturated carbocycles. The normalized spacial score (nSPS) is 16.9. The van der Waals surface area contributed by atoms with Gasteiger partial charge < -0.3 is 14.2 Å². The van der Waals surface area contributed by atoms with Crippen molar-refractivity contribution in [1.82, 2.24) is 14.7 Å². The van der Waals surface area contributed by atoms with E-state index in [1.54, 1.807) is 7.11 Å². The highest BCUT2D eigenvalue weighted by molar-refractivity contribution is 5.32. The third-order valence-electron chi connectivity index (χ3n) is 5.63. The number of hydrogen-bond acceptors (Lipinski definition) is 5. The third kappa shape index (κ3) is 5.66. The highest BCUT2D eigenvalue weighted by Crippen LogP contribution is 2.24. The van der Waals surface area contributed by atoms with Crippen molar-refractivity contribution < 1.29 is 14.2 Å². The van der Waals surface area contributed by atoms with Gasteiger partial charge in [-0.1, -0.05) is 35.9 Å². The van der Waals surface area contributed by atoms with Crippen LogP contribution in [0.3, 0.4) is 0 Å². The van der Waals surface area contributed by atoms with E-state index in [2.05, 4.69) is 42.2 Å². The quantitative estimate of drug-likeness (QED) is 0.552. The summed E-state index contributed by atoms with van der Waals surface area (Å²) >= 11 is 0. The summed E-state index contributed by atoms with van der Waals surface area (Å²) in [6.07, 6.45) is 0.776. The molecule has 0 N–H and O–H groups in total. The van der Waals surface area contributed by atoms with Crippen molar-refractivity contribution in [2.75, 3.05) is 33.4 Å². The van der Waals surface area contributed by atoms with E-state index in [-0.39, 0.29) is 6.10 Å². The summed E-state index contributed by atoms with van der Waals surface area (Å²) in [5, 5.41) is 4.73.